The van der Waals surface area contributed by atoms with Crippen LogP contribution in [0.4, 0.5) is 0 Å². The van der Waals surface area contributed by atoms with E-state index in [1.165, 1.54) is 5.56 Å². The number of hydrogen-bond donors (Lipinski definition) is 0. The van der Waals surface area contributed by atoms with Crippen molar-refractivity contribution in [2.24, 2.45) is 7.05 Å². The highest BCUT2D eigenvalue weighted by Crippen LogP contribution is 2.29. The van der Waals surface area contributed by atoms with E-state index in [0.717, 1.165) is 30.2 Å². The molecule has 0 N–H and O–H groups in total. The number of carbonyl (C=O) groups is 1. The van der Waals surface area contributed by atoms with Gasteiger partial charge in [0.2, 0.25) is 0 Å². The van der Waals surface area contributed by atoms with Gasteiger partial charge < -0.3 is 4.90 Å². The number of hydrogen-bond acceptors (Lipinski definition) is 2. The van der Waals surface area contributed by atoms with Crippen molar-refractivity contribution >= 4 is 17.5 Å². The second-order valence-corrected chi connectivity index (χ2v) is 5.90. The van der Waals surface area contributed by atoms with Gasteiger partial charge in [0.05, 0.1) is 5.69 Å². The lowest BCUT2D eigenvalue weighted by Gasteiger charge is -2.39. The normalized spacial score (nSPS) is 15.1. The van der Waals surface area contributed by atoms with Gasteiger partial charge in [0.1, 0.15) is 5.69 Å². The fourth-order valence-electron chi connectivity index (χ4n) is 2.68. The fraction of sp³-hybridized carbons (Fsp3) is 0.375. The average molecular weight is 304 g/mol. The largest absolute Gasteiger partial charge is 0.336 e. The third kappa shape index (κ3) is 2.68. The van der Waals surface area contributed by atoms with Crippen LogP contribution in [0, 0.1) is 0 Å². The zero-order valence-corrected chi connectivity index (χ0v) is 13.0. The van der Waals surface area contributed by atoms with Crippen LogP contribution in [0.1, 0.15) is 34.6 Å². The molecule has 1 aromatic carbocycles. The first-order valence-electron chi connectivity index (χ1n) is 7.16. The number of aryl methyl sites for hydroxylation is 2. The summed E-state index contributed by atoms with van der Waals surface area (Å²) in [6, 6.07) is 9.76. The SMILES string of the molecule is CCc1cc(C(=O)N2CC(c3cccc(Cl)c3)C2)n(C)n1. The van der Waals surface area contributed by atoms with Crippen LogP contribution in [0.3, 0.4) is 0 Å². The minimum absolute atomic E-state index is 0.0583. The second-order valence-electron chi connectivity index (χ2n) is 5.46. The first kappa shape index (κ1) is 14.1. The number of benzene rings is 1. The lowest BCUT2D eigenvalue weighted by Crippen LogP contribution is -2.48. The monoisotopic (exact) mass is 303 g/mol. The number of halogens is 1. The van der Waals surface area contributed by atoms with E-state index in [2.05, 4.69) is 11.2 Å². The molecule has 1 aromatic heterocycles. The Morgan fingerprint density at radius 3 is 2.76 bits per heavy atom. The highest BCUT2D eigenvalue weighted by Gasteiger charge is 2.33. The molecular formula is C16H18ClN3O. The molecule has 0 spiro atoms. The predicted molar refractivity (Wildman–Crippen MR) is 82.7 cm³/mol. The maximum atomic E-state index is 12.5. The first-order valence-corrected chi connectivity index (χ1v) is 7.54. The Bertz CT molecular complexity index is 674. The summed E-state index contributed by atoms with van der Waals surface area (Å²) in [5.74, 6) is 0.439. The van der Waals surface area contributed by atoms with Gasteiger partial charge >= 0.3 is 0 Å². The molecule has 1 aliphatic heterocycles. The second kappa shape index (κ2) is 5.53. The van der Waals surface area contributed by atoms with Crippen LogP contribution in [0.2, 0.25) is 5.02 Å². The molecule has 4 nitrogen and oxygen atoms in total. The van der Waals surface area contributed by atoms with Gasteiger partial charge in [0, 0.05) is 31.1 Å². The third-order valence-electron chi connectivity index (χ3n) is 4.00. The lowest BCUT2D eigenvalue weighted by atomic mass is 9.91. The molecule has 0 aliphatic carbocycles. The number of amides is 1. The fourth-order valence-corrected chi connectivity index (χ4v) is 2.88. The van der Waals surface area contributed by atoms with Crippen molar-refractivity contribution in [3.8, 4) is 0 Å². The molecule has 1 fully saturated rings. The highest BCUT2D eigenvalue weighted by molar-refractivity contribution is 6.30. The molecule has 0 atom stereocenters. The Morgan fingerprint density at radius 2 is 2.14 bits per heavy atom. The predicted octanol–water partition coefficient (Wildman–Crippen LogP) is 2.88. The van der Waals surface area contributed by atoms with Gasteiger partial charge in [-0.2, -0.15) is 5.10 Å². The molecule has 21 heavy (non-hydrogen) atoms. The molecule has 0 saturated carbocycles. The Labute approximate surface area is 129 Å². The van der Waals surface area contributed by atoms with E-state index in [4.69, 9.17) is 11.6 Å². The van der Waals surface area contributed by atoms with Gasteiger partial charge in [0.15, 0.2) is 0 Å². The molecule has 1 amide bonds. The number of carbonyl (C=O) groups excluding carboxylic acids is 1. The third-order valence-corrected chi connectivity index (χ3v) is 4.24. The van der Waals surface area contributed by atoms with Crippen molar-refractivity contribution in [1.82, 2.24) is 14.7 Å². The number of nitrogens with zero attached hydrogens (tertiary/aromatic N) is 3. The topological polar surface area (TPSA) is 38.1 Å². The molecule has 3 rings (SSSR count). The summed E-state index contributed by atoms with van der Waals surface area (Å²) in [6.07, 6.45) is 0.840. The van der Waals surface area contributed by atoms with Crippen LogP contribution in [0.5, 0.6) is 0 Å². The lowest BCUT2D eigenvalue weighted by molar-refractivity contribution is 0.0591. The summed E-state index contributed by atoms with van der Waals surface area (Å²) in [5, 5.41) is 5.08. The zero-order valence-electron chi connectivity index (χ0n) is 12.2. The van der Waals surface area contributed by atoms with Crippen LogP contribution in [0.25, 0.3) is 0 Å². The van der Waals surface area contributed by atoms with E-state index in [0.29, 0.717) is 11.6 Å². The summed E-state index contributed by atoms with van der Waals surface area (Å²) in [4.78, 5) is 14.3. The summed E-state index contributed by atoms with van der Waals surface area (Å²) in [6.45, 7) is 3.52. The van der Waals surface area contributed by atoms with Crippen molar-refractivity contribution in [3.63, 3.8) is 0 Å². The van der Waals surface area contributed by atoms with E-state index in [1.54, 1.807) is 4.68 Å². The number of rotatable bonds is 3. The van der Waals surface area contributed by atoms with Crippen molar-refractivity contribution in [2.75, 3.05) is 13.1 Å². The van der Waals surface area contributed by atoms with Gasteiger partial charge in [-0.05, 0) is 30.2 Å². The molecule has 0 bridgehead atoms. The van der Waals surface area contributed by atoms with Gasteiger partial charge in [-0.3, -0.25) is 9.48 Å². The maximum absolute atomic E-state index is 12.5. The first-order chi connectivity index (χ1) is 10.1. The molecule has 2 heterocycles. The molecule has 2 aromatic rings. The van der Waals surface area contributed by atoms with Crippen molar-refractivity contribution in [2.45, 2.75) is 19.3 Å². The van der Waals surface area contributed by atoms with E-state index in [9.17, 15) is 4.79 Å². The van der Waals surface area contributed by atoms with Gasteiger partial charge in [-0.1, -0.05) is 30.7 Å². The van der Waals surface area contributed by atoms with Crippen LogP contribution >= 0.6 is 11.6 Å². The molecule has 1 aliphatic rings. The Kier molecular flexibility index (Phi) is 3.72. The molecule has 5 heteroatoms. The summed E-state index contributed by atoms with van der Waals surface area (Å²) in [7, 11) is 1.82. The van der Waals surface area contributed by atoms with Gasteiger partial charge in [-0.15, -0.1) is 0 Å². The zero-order chi connectivity index (χ0) is 15.0. The summed E-state index contributed by atoms with van der Waals surface area (Å²) in [5.41, 5.74) is 2.81. The van der Waals surface area contributed by atoms with E-state index < -0.39 is 0 Å². The minimum Gasteiger partial charge on any atom is -0.336 e. The summed E-state index contributed by atoms with van der Waals surface area (Å²) >= 11 is 6.01. The molecule has 0 radical (unpaired) electrons. The highest BCUT2D eigenvalue weighted by atomic mass is 35.5. The smallest absolute Gasteiger partial charge is 0.272 e. The van der Waals surface area contributed by atoms with Crippen LogP contribution in [-0.4, -0.2) is 33.7 Å². The van der Waals surface area contributed by atoms with Crippen molar-refractivity contribution in [1.29, 1.82) is 0 Å². The van der Waals surface area contributed by atoms with Crippen LogP contribution < -0.4 is 0 Å². The van der Waals surface area contributed by atoms with Crippen molar-refractivity contribution < 1.29 is 4.79 Å². The van der Waals surface area contributed by atoms with E-state index >= 15 is 0 Å². The van der Waals surface area contributed by atoms with Gasteiger partial charge in [-0.25, -0.2) is 0 Å². The maximum Gasteiger partial charge on any atom is 0.272 e. The Balaban J connectivity index is 1.68. The number of likely N-dealkylation sites (tertiary alicyclic amines) is 1. The Morgan fingerprint density at radius 1 is 1.38 bits per heavy atom. The molecular weight excluding hydrogens is 286 g/mol. The Hall–Kier alpha value is -1.81. The number of aromatic nitrogens is 2. The molecule has 110 valence electrons. The quantitative estimate of drug-likeness (QED) is 0.874. The average Bonchev–Trinajstić information content (AvgIpc) is 2.78. The molecule has 0 unspecified atom stereocenters. The minimum atomic E-state index is 0.0583. The van der Waals surface area contributed by atoms with Crippen molar-refractivity contribution in [3.05, 3.63) is 52.3 Å². The molecule has 1 saturated heterocycles. The van der Waals surface area contributed by atoms with Crippen LogP contribution in [-0.2, 0) is 13.5 Å². The summed E-state index contributed by atoms with van der Waals surface area (Å²) < 4.78 is 1.67. The van der Waals surface area contributed by atoms with Crippen LogP contribution in [0.15, 0.2) is 30.3 Å². The standard InChI is InChI=1S/C16H18ClN3O/c1-3-14-8-15(19(2)18-14)16(21)20-9-12(10-20)11-5-4-6-13(17)7-11/h4-8,12H,3,9-10H2,1-2H3. The van der Waals surface area contributed by atoms with E-state index in [-0.39, 0.29) is 5.91 Å². The van der Waals surface area contributed by atoms with Gasteiger partial charge in [0.25, 0.3) is 5.91 Å². The van der Waals surface area contributed by atoms with E-state index in [1.807, 2.05) is 43.1 Å².